The van der Waals surface area contributed by atoms with E-state index in [9.17, 15) is 4.79 Å². The van der Waals surface area contributed by atoms with Crippen molar-refractivity contribution in [1.29, 1.82) is 0 Å². The zero-order chi connectivity index (χ0) is 19.1. The summed E-state index contributed by atoms with van der Waals surface area (Å²) in [4.78, 5) is 24.3. The smallest absolute Gasteiger partial charge is 0.229 e. The zero-order valence-corrected chi connectivity index (χ0v) is 17.1. The molecule has 1 amide bonds. The van der Waals surface area contributed by atoms with Crippen LogP contribution in [-0.2, 0) is 4.79 Å². The average Bonchev–Trinajstić information content (AvgIpc) is 3.31. The Morgan fingerprint density at radius 2 is 1.82 bits per heavy atom. The number of hydrogen-bond acceptors (Lipinski definition) is 6. The minimum atomic E-state index is 0.0272. The highest BCUT2D eigenvalue weighted by Gasteiger charge is 2.27. The minimum absolute atomic E-state index is 0.0272. The van der Waals surface area contributed by atoms with Crippen LogP contribution >= 0.6 is 22.7 Å². The van der Waals surface area contributed by atoms with Crippen molar-refractivity contribution in [1.82, 2.24) is 9.97 Å². The predicted molar refractivity (Wildman–Crippen MR) is 118 cm³/mol. The van der Waals surface area contributed by atoms with Crippen LogP contribution in [0.15, 0.2) is 42.5 Å². The lowest BCUT2D eigenvalue weighted by atomic mass is 9.96. The minimum Gasteiger partial charge on any atom is -0.348 e. The molecule has 0 saturated carbocycles. The zero-order valence-electron chi connectivity index (χ0n) is 15.5. The Bertz CT molecular complexity index is 1120. The monoisotopic (exact) mass is 408 g/mol. The fourth-order valence-corrected chi connectivity index (χ4v) is 5.61. The number of aryl methyl sites for hydroxylation is 1. The highest BCUT2D eigenvalue weighted by atomic mass is 32.1. The molecular formula is C21H20N4OS2. The van der Waals surface area contributed by atoms with Gasteiger partial charge in [-0.25, -0.2) is 9.97 Å². The fraction of sp³-hybridized carbons (Fsp3) is 0.286. The van der Waals surface area contributed by atoms with E-state index >= 15 is 0 Å². The lowest BCUT2D eigenvalue weighted by molar-refractivity contribution is -0.120. The van der Waals surface area contributed by atoms with Crippen molar-refractivity contribution in [3.05, 3.63) is 48.0 Å². The number of nitrogens with zero attached hydrogens (tertiary/aromatic N) is 3. The molecule has 0 bridgehead atoms. The molecule has 1 saturated heterocycles. The van der Waals surface area contributed by atoms with Crippen molar-refractivity contribution in [3.63, 3.8) is 0 Å². The summed E-state index contributed by atoms with van der Waals surface area (Å²) < 4.78 is 2.32. The van der Waals surface area contributed by atoms with Crippen molar-refractivity contribution in [2.45, 2.75) is 19.8 Å². The molecule has 0 unspecified atom stereocenters. The van der Waals surface area contributed by atoms with Gasteiger partial charge in [-0.3, -0.25) is 4.79 Å². The van der Waals surface area contributed by atoms with Crippen molar-refractivity contribution in [2.24, 2.45) is 5.92 Å². The molecule has 1 aliphatic rings. The fourth-order valence-electron chi connectivity index (χ4n) is 3.62. The maximum Gasteiger partial charge on any atom is 0.229 e. The third-order valence-electron chi connectivity index (χ3n) is 5.19. The normalized spacial score (nSPS) is 15.4. The van der Waals surface area contributed by atoms with E-state index in [1.165, 1.54) is 10.3 Å². The first-order chi connectivity index (χ1) is 13.7. The Labute approximate surface area is 171 Å². The van der Waals surface area contributed by atoms with E-state index in [-0.39, 0.29) is 11.8 Å². The highest BCUT2D eigenvalue weighted by Crippen LogP contribution is 2.32. The second-order valence-corrected chi connectivity index (χ2v) is 9.24. The SMILES string of the molecule is Cc1ccc2nc(NC(=O)C3CCN(c4nc5ccccc5s4)CC3)sc2c1. The topological polar surface area (TPSA) is 58.1 Å². The van der Waals surface area contributed by atoms with E-state index in [0.29, 0.717) is 5.13 Å². The summed E-state index contributed by atoms with van der Waals surface area (Å²) >= 11 is 3.27. The van der Waals surface area contributed by atoms with Crippen molar-refractivity contribution >= 4 is 59.3 Å². The molecule has 0 radical (unpaired) electrons. The second kappa shape index (κ2) is 7.14. The van der Waals surface area contributed by atoms with Gasteiger partial charge < -0.3 is 10.2 Å². The summed E-state index contributed by atoms with van der Waals surface area (Å²) in [6, 6.07) is 14.4. The summed E-state index contributed by atoms with van der Waals surface area (Å²) in [5.41, 5.74) is 3.20. The van der Waals surface area contributed by atoms with Gasteiger partial charge in [0.25, 0.3) is 0 Å². The van der Waals surface area contributed by atoms with Crippen molar-refractivity contribution < 1.29 is 4.79 Å². The number of carbonyl (C=O) groups excluding carboxylic acids is 1. The predicted octanol–water partition coefficient (Wildman–Crippen LogP) is 5.07. The first-order valence-electron chi connectivity index (χ1n) is 9.44. The molecule has 5 nitrogen and oxygen atoms in total. The van der Waals surface area contributed by atoms with Crippen molar-refractivity contribution in [3.8, 4) is 0 Å². The lowest BCUT2D eigenvalue weighted by Crippen LogP contribution is -2.38. The van der Waals surface area contributed by atoms with Crippen LogP contribution in [0.4, 0.5) is 10.3 Å². The van der Waals surface area contributed by atoms with Crippen LogP contribution in [0.2, 0.25) is 0 Å². The van der Waals surface area contributed by atoms with Crippen molar-refractivity contribution in [2.75, 3.05) is 23.3 Å². The van der Waals surface area contributed by atoms with E-state index in [1.807, 2.05) is 24.3 Å². The largest absolute Gasteiger partial charge is 0.348 e. The average molecular weight is 409 g/mol. The van der Waals surface area contributed by atoms with Gasteiger partial charge in [-0.1, -0.05) is 40.9 Å². The molecule has 0 aliphatic carbocycles. The number of carbonyl (C=O) groups is 1. The van der Waals surface area contributed by atoms with E-state index in [0.717, 1.165) is 46.8 Å². The molecule has 7 heteroatoms. The van der Waals surface area contributed by atoms with Gasteiger partial charge in [0.2, 0.25) is 5.91 Å². The first-order valence-corrected chi connectivity index (χ1v) is 11.1. The summed E-state index contributed by atoms with van der Waals surface area (Å²) in [7, 11) is 0. The van der Waals surface area contributed by atoms with Gasteiger partial charge in [0.05, 0.1) is 20.4 Å². The molecule has 0 spiro atoms. The maximum absolute atomic E-state index is 12.7. The van der Waals surface area contributed by atoms with E-state index < -0.39 is 0 Å². The molecule has 5 rings (SSSR count). The van der Waals surface area contributed by atoms with Crippen LogP contribution in [0.25, 0.3) is 20.4 Å². The number of aromatic nitrogens is 2. The summed E-state index contributed by atoms with van der Waals surface area (Å²) in [5.74, 6) is 0.110. The molecule has 2 aromatic carbocycles. The Kier molecular flexibility index (Phi) is 4.49. The number of para-hydroxylation sites is 1. The number of piperidine rings is 1. The van der Waals surface area contributed by atoms with Crippen LogP contribution in [0.5, 0.6) is 0 Å². The molecule has 2 aromatic heterocycles. The van der Waals surface area contributed by atoms with Crippen LogP contribution < -0.4 is 10.2 Å². The first kappa shape index (κ1) is 17.6. The second-order valence-electron chi connectivity index (χ2n) is 7.20. The van der Waals surface area contributed by atoms with Gasteiger partial charge in [-0.15, -0.1) is 0 Å². The van der Waals surface area contributed by atoms with Gasteiger partial charge in [0.1, 0.15) is 0 Å². The summed E-state index contributed by atoms with van der Waals surface area (Å²) in [6.07, 6.45) is 1.68. The molecule has 3 heterocycles. The number of nitrogens with one attached hydrogen (secondary N) is 1. The molecule has 1 N–H and O–H groups in total. The van der Waals surface area contributed by atoms with E-state index in [2.05, 4.69) is 40.3 Å². The van der Waals surface area contributed by atoms with Gasteiger partial charge in [0.15, 0.2) is 10.3 Å². The molecule has 1 fully saturated rings. The number of thiazole rings is 2. The summed E-state index contributed by atoms with van der Waals surface area (Å²) in [5, 5.41) is 4.78. The van der Waals surface area contributed by atoms with Crippen LogP contribution in [0.1, 0.15) is 18.4 Å². The van der Waals surface area contributed by atoms with Crippen LogP contribution in [-0.4, -0.2) is 29.0 Å². The van der Waals surface area contributed by atoms with Gasteiger partial charge in [0, 0.05) is 19.0 Å². The number of anilines is 2. The van der Waals surface area contributed by atoms with Gasteiger partial charge >= 0.3 is 0 Å². The third kappa shape index (κ3) is 3.36. The molecular weight excluding hydrogens is 388 g/mol. The number of rotatable bonds is 3. The molecule has 142 valence electrons. The standard InChI is InChI=1S/C21H20N4OS2/c1-13-6-7-16-18(12-13)27-20(22-16)24-19(26)14-8-10-25(11-9-14)21-23-15-4-2-3-5-17(15)28-21/h2-7,12,14H,8-11H2,1H3,(H,22,24,26). The third-order valence-corrected chi connectivity index (χ3v) is 7.22. The molecule has 4 aromatic rings. The summed E-state index contributed by atoms with van der Waals surface area (Å²) in [6.45, 7) is 3.78. The number of amides is 1. The van der Waals surface area contributed by atoms with Crippen LogP contribution in [0.3, 0.4) is 0 Å². The molecule has 1 aliphatic heterocycles. The quantitative estimate of drug-likeness (QED) is 0.514. The van der Waals surface area contributed by atoms with Gasteiger partial charge in [-0.05, 0) is 49.6 Å². The Balaban J connectivity index is 1.23. The van der Waals surface area contributed by atoms with E-state index in [4.69, 9.17) is 4.98 Å². The highest BCUT2D eigenvalue weighted by molar-refractivity contribution is 7.22. The lowest BCUT2D eigenvalue weighted by Gasteiger charge is -2.30. The number of hydrogen-bond donors (Lipinski definition) is 1. The van der Waals surface area contributed by atoms with E-state index in [1.54, 1.807) is 22.7 Å². The Morgan fingerprint density at radius 3 is 2.64 bits per heavy atom. The maximum atomic E-state index is 12.7. The molecule has 28 heavy (non-hydrogen) atoms. The van der Waals surface area contributed by atoms with Crippen LogP contribution in [0, 0.1) is 12.8 Å². The number of fused-ring (bicyclic) bond motifs is 2. The van der Waals surface area contributed by atoms with Gasteiger partial charge in [-0.2, -0.15) is 0 Å². The number of benzene rings is 2. The Morgan fingerprint density at radius 1 is 1.04 bits per heavy atom. The molecule has 0 atom stereocenters. The Hall–Kier alpha value is -2.51.